The highest BCUT2D eigenvalue weighted by atomic mass is 32.1. The average molecular weight is 517 g/mol. The van der Waals surface area contributed by atoms with Crippen LogP contribution >= 0.6 is 11.3 Å². The van der Waals surface area contributed by atoms with E-state index in [0.717, 1.165) is 17.7 Å². The lowest BCUT2D eigenvalue weighted by Gasteiger charge is -2.15. The summed E-state index contributed by atoms with van der Waals surface area (Å²) in [5, 5.41) is 2.53. The van der Waals surface area contributed by atoms with Gasteiger partial charge in [-0.2, -0.15) is 26.3 Å². The number of benzene rings is 1. The van der Waals surface area contributed by atoms with E-state index in [4.69, 9.17) is 0 Å². The summed E-state index contributed by atoms with van der Waals surface area (Å²) in [7, 11) is 1.82. The summed E-state index contributed by atoms with van der Waals surface area (Å²) in [6, 6.07) is 8.23. The molecule has 12 heteroatoms. The van der Waals surface area contributed by atoms with E-state index in [1.165, 1.54) is 12.1 Å². The first kappa shape index (κ1) is 26.6. The Morgan fingerprint density at radius 3 is 2.37 bits per heavy atom. The zero-order valence-corrected chi connectivity index (χ0v) is 19.4. The minimum absolute atomic E-state index is 0.0302. The fourth-order valence-corrected chi connectivity index (χ4v) is 4.28. The van der Waals surface area contributed by atoms with Crippen molar-refractivity contribution in [2.75, 3.05) is 20.1 Å². The van der Waals surface area contributed by atoms with Crippen LogP contribution in [0.2, 0.25) is 0 Å². The Balaban J connectivity index is 1.62. The smallest absolute Gasteiger partial charge is 0.351 e. The molecular weight excluding hydrogens is 494 g/mol. The number of aromatic nitrogens is 2. The summed E-state index contributed by atoms with van der Waals surface area (Å²) in [6.07, 6.45) is -5.78. The second-order valence-electron chi connectivity index (χ2n) is 7.83. The van der Waals surface area contributed by atoms with Gasteiger partial charge in [0.15, 0.2) is 5.69 Å². The number of rotatable bonds is 9. The van der Waals surface area contributed by atoms with Crippen molar-refractivity contribution < 1.29 is 31.1 Å². The third-order valence-corrected chi connectivity index (χ3v) is 6.12. The highest BCUT2D eigenvalue weighted by Gasteiger charge is 2.39. The zero-order valence-electron chi connectivity index (χ0n) is 18.6. The monoisotopic (exact) mass is 516 g/mol. The number of carbonyl (C=O) groups is 1. The Morgan fingerprint density at radius 2 is 1.71 bits per heavy atom. The molecule has 5 nitrogen and oxygen atoms in total. The van der Waals surface area contributed by atoms with Crippen molar-refractivity contribution in [3.63, 3.8) is 0 Å². The predicted molar refractivity (Wildman–Crippen MR) is 119 cm³/mol. The standard InChI is InChI=1S/C23H22F6N4OS/c1-33(14-16-5-9-30-10-6-16)12-8-18-32-20(23(27,28)29)19(35-18)21(34)31-11-7-15-3-2-4-17(13-15)22(24,25)26/h2-6,9-10,13H,7-8,11-12,14H2,1H3,(H,31,34). The van der Waals surface area contributed by atoms with Crippen LogP contribution < -0.4 is 5.32 Å². The molecular formula is C23H22F6N4OS. The number of halogens is 6. The van der Waals surface area contributed by atoms with Gasteiger partial charge in [-0.15, -0.1) is 11.3 Å². The van der Waals surface area contributed by atoms with E-state index in [9.17, 15) is 31.1 Å². The molecule has 2 heterocycles. The highest BCUT2D eigenvalue weighted by Crippen LogP contribution is 2.34. The molecule has 0 saturated heterocycles. The number of alkyl halides is 6. The lowest BCUT2D eigenvalue weighted by Crippen LogP contribution is -2.27. The van der Waals surface area contributed by atoms with Gasteiger partial charge in [0.05, 0.1) is 10.6 Å². The van der Waals surface area contributed by atoms with E-state index >= 15 is 0 Å². The van der Waals surface area contributed by atoms with Crippen LogP contribution in [0.1, 0.15) is 37.1 Å². The van der Waals surface area contributed by atoms with Crippen LogP contribution in [0.4, 0.5) is 26.3 Å². The maximum Gasteiger partial charge on any atom is 0.435 e. The number of nitrogens with zero attached hydrogens (tertiary/aromatic N) is 3. The van der Waals surface area contributed by atoms with E-state index in [0.29, 0.717) is 30.0 Å². The van der Waals surface area contributed by atoms with E-state index in [1.807, 2.05) is 24.1 Å². The predicted octanol–water partition coefficient (Wildman–Crippen LogP) is 5.22. The maximum atomic E-state index is 13.5. The van der Waals surface area contributed by atoms with Gasteiger partial charge in [0.2, 0.25) is 0 Å². The van der Waals surface area contributed by atoms with E-state index < -0.39 is 34.4 Å². The van der Waals surface area contributed by atoms with Crippen molar-refractivity contribution in [3.8, 4) is 0 Å². The molecule has 2 aromatic heterocycles. The third-order valence-electron chi connectivity index (χ3n) is 5.01. The molecule has 188 valence electrons. The first-order valence-corrected chi connectivity index (χ1v) is 11.3. The van der Waals surface area contributed by atoms with Crippen molar-refractivity contribution in [3.05, 3.63) is 81.1 Å². The van der Waals surface area contributed by atoms with Gasteiger partial charge in [-0.3, -0.25) is 9.78 Å². The Morgan fingerprint density at radius 1 is 1.00 bits per heavy atom. The molecule has 0 bridgehead atoms. The van der Waals surface area contributed by atoms with Crippen LogP contribution in [-0.2, 0) is 31.7 Å². The van der Waals surface area contributed by atoms with Crippen molar-refractivity contribution in [2.45, 2.75) is 31.7 Å². The molecule has 0 radical (unpaired) electrons. The molecule has 3 rings (SSSR count). The van der Waals surface area contributed by atoms with Crippen LogP contribution in [-0.4, -0.2) is 40.9 Å². The number of hydrogen-bond donors (Lipinski definition) is 1. The lowest BCUT2D eigenvalue weighted by atomic mass is 10.1. The van der Waals surface area contributed by atoms with Gasteiger partial charge in [0.25, 0.3) is 5.91 Å². The molecule has 0 spiro atoms. The van der Waals surface area contributed by atoms with Gasteiger partial charge in [-0.1, -0.05) is 18.2 Å². The summed E-state index contributed by atoms with van der Waals surface area (Å²) in [5.74, 6) is -0.960. The third kappa shape index (κ3) is 7.76. The van der Waals surface area contributed by atoms with Crippen LogP contribution in [0.15, 0.2) is 48.8 Å². The number of amides is 1. The first-order chi connectivity index (χ1) is 16.4. The van der Waals surface area contributed by atoms with Crippen molar-refractivity contribution in [1.29, 1.82) is 0 Å². The number of likely N-dealkylation sites (N-methyl/N-ethyl adjacent to an activating group) is 1. The second-order valence-corrected chi connectivity index (χ2v) is 8.91. The molecule has 1 N–H and O–H groups in total. The minimum Gasteiger partial charge on any atom is -0.351 e. The van der Waals surface area contributed by atoms with Gasteiger partial charge < -0.3 is 10.2 Å². The summed E-state index contributed by atoms with van der Waals surface area (Å²) in [4.78, 5) is 21.4. The molecule has 1 amide bonds. The van der Waals surface area contributed by atoms with Gasteiger partial charge in [-0.05, 0) is 42.8 Å². The Hall–Kier alpha value is -2.99. The van der Waals surface area contributed by atoms with Crippen molar-refractivity contribution >= 4 is 17.2 Å². The molecule has 1 aromatic carbocycles. The van der Waals surface area contributed by atoms with Crippen LogP contribution in [0, 0.1) is 0 Å². The maximum absolute atomic E-state index is 13.5. The molecule has 0 aliphatic carbocycles. The number of pyridine rings is 1. The van der Waals surface area contributed by atoms with E-state index in [2.05, 4.69) is 15.3 Å². The summed E-state index contributed by atoms with van der Waals surface area (Å²) in [6.45, 7) is 0.867. The SMILES string of the molecule is CN(CCc1nc(C(F)(F)F)c(C(=O)NCCc2cccc(C(F)(F)F)c2)s1)Cc1ccncc1. The molecule has 3 aromatic rings. The van der Waals surface area contributed by atoms with Crippen LogP contribution in [0.5, 0.6) is 0 Å². The quantitative estimate of drug-likeness (QED) is 0.396. The van der Waals surface area contributed by atoms with Gasteiger partial charge in [0.1, 0.15) is 4.88 Å². The summed E-state index contributed by atoms with van der Waals surface area (Å²) in [5.41, 5.74) is -0.788. The van der Waals surface area contributed by atoms with Gasteiger partial charge in [0, 0.05) is 38.4 Å². The molecule has 0 fully saturated rings. The lowest BCUT2D eigenvalue weighted by molar-refractivity contribution is -0.141. The molecule has 0 aliphatic rings. The largest absolute Gasteiger partial charge is 0.435 e. The first-order valence-electron chi connectivity index (χ1n) is 10.5. The average Bonchev–Trinajstić information content (AvgIpc) is 3.23. The van der Waals surface area contributed by atoms with Crippen molar-refractivity contribution in [1.82, 2.24) is 20.2 Å². The molecule has 0 aliphatic heterocycles. The molecule has 0 saturated carbocycles. The highest BCUT2D eigenvalue weighted by molar-refractivity contribution is 7.13. The van der Waals surface area contributed by atoms with Gasteiger partial charge >= 0.3 is 12.4 Å². The second kappa shape index (κ2) is 11.2. The minimum atomic E-state index is -4.81. The Kier molecular flexibility index (Phi) is 8.49. The summed E-state index contributed by atoms with van der Waals surface area (Å²) >= 11 is 0.666. The number of carbonyl (C=O) groups excluding carboxylic acids is 1. The van der Waals surface area contributed by atoms with E-state index in [-0.39, 0.29) is 24.4 Å². The summed E-state index contributed by atoms with van der Waals surface area (Å²) < 4.78 is 79.0. The fraction of sp³-hybridized carbons (Fsp3) is 0.348. The molecule has 0 atom stereocenters. The fourth-order valence-electron chi connectivity index (χ4n) is 3.29. The van der Waals surface area contributed by atoms with E-state index in [1.54, 1.807) is 12.4 Å². The topological polar surface area (TPSA) is 58.1 Å². The van der Waals surface area contributed by atoms with Crippen LogP contribution in [0.25, 0.3) is 0 Å². The molecule has 35 heavy (non-hydrogen) atoms. The van der Waals surface area contributed by atoms with Crippen LogP contribution in [0.3, 0.4) is 0 Å². The normalized spacial score (nSPS) is 12.2. The molecule has 0 unspecified atom stereocenters. The number of hydrogen-bond acceptors (Lipinski definition) is 5. The zero-order chi connectivity index (χ0) is 25.6. The van der Waals surface area contributed by atoms with Gasteiger partial charge in [-0.25, -0.2) is 4.98 Å². The Labute approximate surface area is 201 Å². The van der Waals surface area contributed by atoms with Crippen molar-refractivity contribution in [2.24, 2.45) is 0 Å². The number of thiazole rings is 1. The number of nitrogens with one attached hydrogen (secondary N) is 1. The Bertz CT molecular complexity index is 1130.